The van der Waals surface area contributed by atoms with Gasteiger partial charge in [-0.3, -0.25) is 4.90 Å². The number of rotatable bonds is 8. The Kier molecular flexibility index (Phi) is 7.77. The summed E-state index contributed by atoms with van der Waals surface area (Å²) >= 11 is 0. The summed E-state index contributed by atoms with van der Waals surface area (Å²) in [6, 6.07) is 14.3. The second kappa shape index (κ2) is 11.1. The van der Waals surface area contributed by atoms with Gasteiger partial charge in [0.25, 0.3) is 0 Å². The Labute approximate surface area is 205 Å². The first-order chi connectivity index (χ1) is 17.0. The van der Waals surface area contributed by atoms with E-state index in [9.17, 15) is 9.59 Å². The third kappa shape index (κ3) is 5.51. The molecule has 9 heteroatoms. The lowest BCUT2D eigenvalue weighted by molar-refractivity contribution is -0.139. The number of nitrogens with one attached hydrogen (secondary N) is 2. The lowest BCUT2D eigenvalue weighted by atomic mass is 9.94. The first-order valence-corrected chi connectivity index (χ1v) is 11.8. The summed E-state index contributed by atoms with van der Waals surface area (Å²) in [4.78, 5) is 30.1. The van der Waals surface area contributed by atoms with Crippen molar-refractivity contribution in [1.29, 1.82) is 0 Å². The fourth-order valence-corrected chi connectivity index (χ4v) is 4.50. The second-order valence-corrected chi connectivity index (χ2v) is 8.35. The molecule has 0 bridgehead atoms. The van der Waals surface area contributed by atoms with Gasteiger partial charge in [0.05, 0.1) is 38.1 Å². The number of carbonyl (C=O) groups excluding carboxylic acids is 2. The minimum atomic E-state index is -0.612. The number of piperazine rings is 1. The molecule has 186 valence electrons. The van der Waals surface area contributed by atoms with Crippen molar-refractivity contribution < 1.29 is 23.8 Å². The molecule has 1 atom stereocenters. The van der Waals surface area contributed by atoms with Crippen molar-refractivity contribution >= 4 is 17.7 Å². The molecular weight excluding hydrogens is 448 g/mol. The number of ether oxygens (including phenoxy) is 3. The Morgan fingerprint density at radius 2 is 1.71 bits per heavy atom. The number of carbonyl (C=O) groups is 2. The molecule has 0 spiro atoms. The van der Waals surface area contributed by atoms with Crippen LogP contribution in [-0.2, 0) is 9.53 Å². The minimum absolute atomic E-state index is 0.247. The maximum absolute atomic E-state index is 13.0. The van der Waals surface area contributed by atoms with Crippen LogP contribution in [0.25, 0.3) is 0 Å². The third-order valence-electron chi connectivity index (χ3n) is 6.28. The van der Waals surface area contributed by atoms with Crippen molar-refractivity contribution in [2.75, 3.05) is 58.5 Å². The smallest absolute Gasteiger partial charge is 0.338 e. The summed E-state index contributed by atoms with van der Waals surface area (Å²) in [6.45, 7) is 5.60. The molecule has 2 aliphatic rings. The molecule has 2 N–H and O–H groups in total. The van der Waals surface area contributed by atoms with Gasteiger partial charge in [0.15, 0.2) is 0 Å². The van der Waals surface area contributed by atoms with E-state index in [1.165, 1.54) is 0 Å². The van der Waals surface area contributed by atoms with E-state index in [-0.39, 0.29) is 12.6 Å². The Bertz CT molecular complexity index is 1080. The number of benzene rings is 2. The fraction of sp³-hybridized carbons (Fsp3) is 0.385. The Morgan fingerprint density at radius 3 is 2.37 bits per heavy atom. The number of hydrogen-bond acceptors (Lipinski definition) is 7. The highest BCUT2D eigenvalue weighted by atomic mass is 16.5. The number of nitrogens with zero attached hydrogens (tertiary/aromatic N) is 2. The number of anilines is 1. The van der Waals surface area contributed by atoms with Crippen LogP contribution < -0.4 is 25.0 Å². The molecule has 2 heterocycles. The zero-order valence-electron chi connectivity index (χ0n) is 20.4. The van der Waals surface area contributed by atoms with Crippen LogP contribution in [0, 0.1) is 0 Å². The predicted molar refractivity (Wildman–Crippen MR) is 133 cm³/mol. The topological polar surface area (TPSA) is 92.4 Å². The average molecular weight is 481 g/mol. The minimum Gasteiger partial charge on any atom is -0.497 e. The van der Waals surface area contributed by atoms with Crippen molar-refractivity contribution in [3.05, 3.63) is 65.4 Å². The van der Waals surface area contributed by atoms with Crippen LogP contribution in [0.5, 0.6) is 11.5 Å². The third-order valence-corrected chi connectivity index (χ3v) is 6.28. The van der Waals surface area contributed by atoms with Gasteiger partial charge in [0.1, 0.15) is 11.5 Å². The summed E-state index contributed by atoms with van der Waals surface area (Å²) in [5, 5.41) is 5.74. The van der Waals surface area contributed by atoms with Gasteiger partial charge < -0.3 is 29.7 Å². The summed E-state index contributed by atoms with van der Waals surface area (Å²) < 4.78 is 16.1. The summed E-state index contributed by atoms with van der Waals surface area (Å²) in [5.41, 5.74) is 2.83. The molecule has 0 radical (unpaired) electrons. The number of urea groups is 1. The molecule has 2 aromatic rings. The maximum Gasteiger partial charge on any atom is 0.338 e. The number of para-hydroxylation sites is 2. The first kappa shape index (κ1) is 24.4. The Balaban J connectivity index is 1.55. The number of hydrogen-bond donors (Lipinski definition) is 2. The van der Waals surface area contributed by atoms with Gasteiger partial charge in [-0.05, 0) is 36.8 Å². The zero-order valence-corrected chi connectivity index (χ0v) is 20.4. The van der Waals surface area contributed by atoms with Gasteiger partial charge in [-0.25, -0.2) is 9.59 Å². The van der Waals surface area contributed by atoms with E-state index in [0.29, 0.717) is 23.6 Å². The van der Waals surface area contributed by atoms with E-state index in [2.05, 4.69) is 26.5 Å². The van der Waals surface area contributed by atoms with Crippen LogP contribution in [0.3, 0.4) is 0 Å². The average Bonchev–Trinajstić information content (AvgIpc) is 2.89. The highest BCUT2D eigenvalue weighted by Gasteiger charge is 2.34. The molecule has 2 amide bonds. The van der Waals surface area contributed by atoms with Crippen molar-refractivity contribution in [2.45, 2.75) is 13.0 Å². The molecule has 4 rings (SSSR count). The normalized spacial score (nSPS) is 18.5. The van der Waals surface area contributed by atoms with Crippen LogP contribution in [-0.4, -0.2) is 70.5 Å². The lowest BCUT2D eigenvalue weighted by Gasteiger charge is -2.38. The van der Waals surface area contributed by atoms with Gasteiger partial charge in [-0.1, -0.05) is 24.3 Å². The fourth-order valence-electron chi connectivity index (χ4n) is 4.50. The number of amides is 2. The molecule has 2 aromatic carbocycles. The number of esters is 1. The molecule has 1 fully saturated rings. The molecule has 0 aliphatic carbocycles. The van der Waals surface area contributed by atoms with E-state index >= 15 is 0 Å². The molecular formula is C26H32N4O5. The standard InChI is InChI=1S/C26H32N4O5/c1-4-35-25(31)23-20(27-26(32)28-24(23)18-9-11-19(33-2)12-10-18)17-29-13-15-30(16-14-29)21-7-5-6-8-22(21)34-3/h5-12,24H,4,13-17H2,1-3H3,(H2,27,28,32)/t24-/m0/s1. The van der Waals surface area contributed by atoms with Crippen LogP contribution in [0.1, 0.15) is 18.5 Å². The molecule has 0 unspecified atom stereocenters. The molecule has 0 aromatic heterocycles. The van der Waals surface area contributed by atoms with Crippen LogP contribution in [0.15, 0.2) is 59.8 Å². The van der Waals surface area contributed by atoms with Crippen molar-refractivity contribution in [1.82, 2.24) is 15.5 Å². The second-order valence-electron chi connectivity index (χ2n) is 8.35. The van der Waals surface area contributed by atoms with Crippen LogP contribution in [0.2, 0.25) is 0 Å². The van der Waals surface area contributed by atoms with Crippen LogP contribution in [0.4, 0.5) is 10.5 Å². The van der Waals surface area contributed by atoms with Crippen LogP contribution >= 0.6 is 0 Å². The van der Waals surface area contributed by atoms with Gasteiger partial charge >= 0.3 is 12.0 Å². The van der Waals surface area contributed by atoms with Crippen molar-refractivity contribution in [3.8, 4) is 11.5 Å². The van der Waals surface area contributed by atoms with Gasteiger partial charge in [0.2, 0.25) is 0 Å². The van der Waals surface area contributed by atoms with E-state index < -0.39 is 12.0 Å². The molecule has 1 saturated heterocycles. The SMILES string of the molecule is CCOC(=O)C1=C(CN2CCN(c3ccccc3OC)CC2)NC(=O)N[C@H]1c1ccc(OC)cc1. The van der Waals surface area contributed by atoms with Gasteiger partial charge in [-0.15, -0.1) is 0 Å². The highest BCUT2D eigenvalue weighted by Crippen LogP contribution is 2.31. The largest absolute Gasteiger partial charge is 0.497 e. The monoisotopic (exact) mass is 480 g/mol. The molecule has 35 heavy (non-hydrogen) atoms. The molecule has 2 aliphatic heterocycles. The summed E-state index contributed by atoms with van der Waals surface area (Å²) in [5.74, 6) is 1.11. The van der Waals surface area contributed by atoms with Gasteiger partial charge in [0, 0.05) is 38.4 Å². The zero-order chi connectivity index (χ0) is 24.8. The Morgan fingerprint density at radius 1 is 1.00 bits per heavy atom. The predicted octanol–water partition coefficient (Wildman–Crippen LogP) is 2.70. The maximum atomic E-state index is 13.0. The highest BCUT2D eigenvalue weighted by molar-refractivity contribution is 5.95. The number of methoxy groups -OCH3 is 2. The summed E-state index contributed by atoms with van der Waals surface area (Å²) in [6.07, 6.45) is 0. The van der Waals surface area contributed by atoms with E-state index in [4.69, 9.17) is 14.2 Å². The van der Waals surface area contributed by atoms with E-state index in [1.54, 1.807) is 21.1 Å². The van der Waals surface area contributed by atoms with Gasteiger partial charge in [-0.2, -0.15) is 0 Å². The quantitative estimate of drug-likeness (QED) is 0.562. The Hall–Kier alpha value is -3.72. The summed E-state index contributed by atoms with van der Waals surface area (Å²) in [7, 11) is 3.27. The van der Waals surface area contributed by atoms with E-state index in [0.717, 1.165) is 43.2 Å². The van der Waals surface area contributed by atoms with Crippen molar-refractivity contribution in [2.24, 2.45) is 0 Å². The van der Waals surface area contributed by atoms with Crippen molar-refractivity contribution in [3.63, 3.8) is 0 Å². The molecule has 9 nitrogen and oxygen atoms in total. The lowest BCUT2D eigenvalue weighted by Crippen LogP contribution is -2.51. The van der Waals surface area contributed by atoms with E-state index in [1.807, 2.05) is 42.5 Å². The molecule has 0 saturated carbocycles. The first-order valence-electron chi connectivity index (χ1n) is 11.8.